The largest absolute Gasteiger partial charge is 0.507 e. The predicted octanol–water partition coefficient (Wildman–Crippen LogP) is 11.3. The fourth-order valence-electron chi connectivity index (χ4n) is 9.98. The van der Waals surface area contributed by atoms with E-state index in [0.29, 0.717) is 82.1 Å². The normalized spacial score (nSPS) is 11.5. The van der Waals surface area contributed by atoms with Gasteiger partial charge in [-0.05, 0) is 162 Å². The number of amides is 2. The molecule has 0 aliphatic rings. The lowest BCUT2D eigenvalue weighted by molar-refractivity contribution is 0.0619. The minimum atomic E-state index is -4.06. The number of benzene rings is 6. The zero-order valence-corrected chi connectivity index (χ0v) is 58.1. The molecular weight excluding hydrogens is 1260 g/mol. The number of ether oxygens (including phenoxy) is 5. The van der Waals surface area contributed by atoms with Gasteiger partial charge in [0, 0.05) is 54.6 Å². The van der Waals surface area contributed by atoms with Crippen molar-refractivity contribution in [3.8, 4) is 23.0 Å². The summed E-state index contributed by atoms with van der Waals surface area (Å²) >= 11 is 12.3. The Morgan fingerprint density at radius 3 is 1.23 bits per heavy atom. The van der Waals surface area contributed by atoms with Crippen molar-refractivity contribution in [2.75, 3.05) is 102 Å². The molecule has 6 aromatic carbocycles. The van der Waals surface area contributed by atoms with Gasteiger partial charge in [-0.3, -0.25) is 23.8 Å². The summed E-state index contributed by atoms with van der Waals surface area (Å²) in [7, 11) is -4.38. The smallest absolute Gasteiger partial charge is 0.262 e. The Kier molecular flexibility index (Phi) is 27.7. The van der Waals surface area contributed by atoms with Gasteiger partial charge in [0.15, 0.2) is 11.5 Å². The van der Waals surface area contributed by atoms with Gasteiger partial charge in [0.1, 0.15) is 16.5 Å². The number of rotatable bonds is 25. The highest BCUT2D eigenvalue weighted by Crippen LogP contribution is 2.44. The van der Waals surface area contributed by atoms with Gasteiger partial charge in [0.05, 0.1) is 81.4 Å². The zero-order valence-electron chi connectivity index (χ0n) is 54.2. The molecule has 0 radical (unpaired) electrons. The van der Waals surface area contributed by atoms with E-state index in [2.05, 4.69) is 14.2 Å². The van der Waals surface area contributed by atoms with Gasteiger partial charge in [-0.15, -0.1) is 0 Å². The zero-order chi connectivity index (χ0) is 67.9. The van der Waals surface area contributed by atoms with E-state index in [-0.39, 0.29) is 90.8 Å². The molecule has 0 fully saturated rings. The number of sulfonamides is 3. The van der Waals surface area contributed by atoms with E-state index in [1.165, 1.54) is 63.5 Å². The van der Waals surface area contributed by atoms with Gasteiger partial charge in [-0.25, -0.2) is 25.3 Å². The summed E-state index contributed by atoms with van der Waals surface area (Å²) in [6.07, 6.45) is 0.768. The molecule has 6 rings (SSSR count). The second-order valence-electron chi connectivity index (χ2n) is 21.5. The van der Waals surface area contributed by atoms with Crippen LogP contribution in [0.2, 0.25) is 10.0 Å². The van der Waals surface area contributed by atoms with Crippen LogP contribution in [0.5, 0.6) is 23.0 Å². The fraction of sp³-hybridized carbons (Fsp3) is 0.406. The Morgan fingerprint density at radius 2 is 0.844 bits per heavy atom. The highest BCUT2D eigenvalue weighted by atomic mass is 35.5. The number of aryl methyl sites for hydroxylation is 9. The summed E-state index contributed by atoms with van der Waals surface area (Å²) in [5.41, 5.74) is 8.52. The molecule has 0 unspecified atom stereocenters. The maximum absolute atomic E-state index is 13.3. The van der Waals surface area contributed by atoms with E-state index in [1.54, 1.807) is 80.5 Å². The molecule has 26 heteroatoms. The third kappa shape index (κ3) is 18.6. The SMILES string of the molecule is CCc1ccc(S(=O)(=O)Nc2cc(C(=O)N(CCOC)CCOC)c(O)c(Cl)c2OC)c(C)c1.COCCN(CCOC)C(=O)c1cc(NS(=O)(=O)c2c(C)cc(C)cc2C)c(C)c(C)c1O.Cc1cc(C)c(S(=O)(=O)Nc2cc(C)c(O)c(Cl)c2C)c(C)c1. The quantitative estimate of drug-likeness (QED) is 0.0291. The first-order valence-corrected chi connectivity index (χ1v) is 33.6. The van der Waals surface area contributed by atoms with Crippen LogP contribution in [0.15, 0.2) is 75.4 Å². The number of nitrogens with one attached hydrogen (secondary N) is 3. The molecule has 0 saturated carbocycles. The standard InChI is InChI=1S/C24H34N2O6S.C23H31ClN2O7S.C17H20ClNO3S/c1-15-12-16(2)23(17(3)13-15)33(29,30)25-21-14-20(22(27)19(5)18(21)4)24(28)26(8-10-31-6)9-11-32-7;1-6-16-7-8-19(15(2)13-16)34(29,30)25-18-14-17(21(27)20(24)22(18)33-5)23(28)26(9-11-31-3)10-12-32-4;1-9-6-11(3)17(12(4)7-9)23(21,22)19-14-8-10(2)16(20)15(18)13(14)5/h12-14,25,27H,8-11H2,1-7H3;7-8,13-14,25,27H,6,9-12H2,1-5H3;6-8,19-20H,1-5H3. The number of carbonyl (C=O) groups is 2. The summed E-state index contributed by atoms with van der Waals surface area (Å²) in [6, 6.07) is 16.5. The van der Waals surface area contributed by atoms with Crippen LogP contribution in [0.4, 0.5) is 17.1 Å². The highest BCUT2D eigenvalue weighted by Gasteiger charge is 2.30. The first-order chi connectivity index (χ1) is 42.1. The monoisotopic (exact) mass is 1350 g/mol. The molecule has 0 aromatic heterocycles. The van der Waals surface area contributed by atoms with Gasteiger partial charge in [0.2, 0.25) is 0 Å². The Bertz CT molecular complexity index is 3880. The molecule has 0 atom stereocenters. The fourth-order valence-corrected chi connectivity index (χ4v) is 14.9. The van der Waals surface area contributed by atoms with Crippen LogP contribution in [0, 0.1) is 76.2 Å². The number of halogens is 2. The Morgan fingerprint density at radius 1 is 0.456 bits per heavy atom. The van der Waals surface area contributed by atoms with Crippen LogP contribution < -0.4 is 18.9 Å². The maximum atomic E-state index is 13.3. The molecular formula is C64H85Cl2N5O16S3. The van der Waals surface area contributed by atoms with E-state index in [9.17, 15) is 50.2 Å². The second kappa shape index (κ2) is 32.9. The van der Waals surface area contributed by atoms with Crippen LogP contribution in [0.1, 0.15) is 94.4 Å². The molecule has 0 bridgehead atoms. The molecule has 6 aromatic rings. The summed E-state index contributed by atoms with van der Waals surface area (Å²) in [5, 5.41) is 31.0. The molecule has 0 aliphatic carbocycles. The minimum absolute atomic E-state index is 0.0142. The second-order valence-corrected chi connectivity index (χ2v) is 27.2. The van der Waals surface area contributed by atoms with Gasteiger partial charge < -0.3 is 48.8 Å². The molecule has 0 heterocycles. The average Bonchev–Trinajstić information content (AvgIpc) is 0.801. The molecule has 2 amide bonds. The first-order valence-electron chi connectivity index (χ1n) is 28.4. The van der Waals surface area contributed by atoms with E-state index in [4.69, 9.17) is 46.9 Å². The number of anilines is 3. The van der Waals surface area contributed by atoms with E-state index < -0.39 is 47.6 Å². The third-order valence-electron chi connectivity index (χ3n) is 14.7. The number of nitrogens with zero attached hydrogens (tertiary/aromatic N) is 2. The topological polar surface area (TPSA) is 286 Å². The van der Waals surface area contributed by atoms with Crippen molar-refractivity contribution >= 4 is 82.1 Å². The molecule has 6 N–H and O–H groups in total. The van der Waals surface area contributed by atoms with Crippen molar-refractivity contribution in [2.24, 2.45) is 0 Å². The van der Waals surface area contributed by atoms with E-state index >= 15 is 0 Å². The number of hydrogen-bond donors (Lipinski definition) is 6. The van der Waals surface area contributed by atoms with Crippen molar-refractivity contribution in [3.63, 3.8) is 0 Å². The minimum Gasteiger partial charge on any atom is -0.507 e. The van der Waals surface area contributed by atoms with E-state index in [1.807, 2.05) is 45.0 Å². The lowest BCUT2D eigenvalue weighted by Gasteiger charge is -2.24. The summed E-state index contributed by atoms with van der Waals surface area (Å²) < 4.78 is 112. The maximum Gasteiger partial charge on any atom is 0.262 e. The molecule has 494 valence electrons. The molecule has 0 spiro atoms. The van der Waals surface area contributed by atoms with Crippen molar-refractivity contribution < 1.29 is 73.8 Å². The van der Waals surface area contributed by atoms with Crippen molar-refractivity contribution in [3.05, 3.63) is 149 Å². The van der Waals surface area contributed by atoms with Crippen LogP contribution in [0.25, 0.3) is 0 Å². The number of methoxy groups -OCH3 is 5. The highest BCUT2D eigenvalue weighted by molar-refractivity contribution is 7.93. The summed E-state index contributed by atoms with van der Waals surface area (Å²) in [6.45, 7) is 23.4. The first kappa shape index (κ1) is 75.6. The average molecular weight is 1350 g/mol. The van der Waals surface area contributed by atoms with Crippen LogP contribution in [-0.4, -0.2) is 150 Å². The van der Waals surface area contributed by atoms with Crippen LogP contribution in [-0.2, 0) is 55.4 Å². The van der Waals surface area contributed by atoms with Crippen molar-refractivity contribution in [1.82, 2.24) is 9.80 Å². The van der Waals surface area contributed by atoms with Crippen LogP contribution in [0.3, 0.4) is 0 Å². The number of carbonyl (C=O) groups excluding carboxylic acids is 2. The predicted molar refractivity (Wildman–Crippen MR) is 353 cm³/mol. The Hall–Kier alpha value is -6.87. The third-order valence-corrected chi connectivity index (χ3v) is 20.3. The van der Waals surface area contributed by atoms with E-state index in [0.717, 1.165) is 23.1 Å². The summed E-state index contributed by atoms with van der Waals surface area (Å²) in [4.78, 5) is 29.9. The molecule has 21 nitrogen and oxygen atoms in total. The van der Waals surface area contributed by atoms with Gasteiger partial charge >= 0.3 is 0 Å². The lowest BCUT2D eigenvalue weighted by atomic mass is 10.0. The Labute approximate surface area is 540 Å². The Balaban J connectivity index is 0.000000294. The van der Waals surface area contributed by atoms with Crippen molar-refractivity contribution in [1.29, 1.82) is 0 Å². The molecule has 90 heavy (non-hydrogen) atoms. The molecule has 0 aliphatic heterocycles. The number of aromatic hydroxyl groups is 3. The summed E-state index contributed by atoms with van der Waals surface area (Å²) in [5.74, 6) is -1.84. The number of phenolic OH excluding ortho intramolecular Hbond substituents is 3. The van der Waals surface area contributed by atoms with Crippen LogP contribution >= 0.6 is 23.2 Å². The number of phenols is 3. The van der Waals surface area contributed by atoms with Gasteiger partial charge in [0.25, 0.3) is 41.9 Å². The van der Waals surface area contributed by atoms with Gasteiger partial charge in [-0.2, -0.15) is 0 Å². The lowest BCUT2D eigenvalue weighted by Crippen LogP contribution is -2.36. The molecule has 0 saturated heterocycles. The number of hydrogen-bond acceptors (Lipinski definition) is 16. The van der Waals surface area contributed by atoms with Crippen molar-refractivity contribution in [2.45, 2.75) is 104 Å². The van der Waals surface area contributed by atoms with Gasteiger partial charge in [-0.1, -0.05) is 77.7 Å².